The highest BCUT2D eigenvalue weighted by molar-refractivity contribution is 7.98. The molecule has 2 rings (SSSR count). The van der Waals surface area contributed by atoms with Gasteiger partial charge in [-0.05, 0) is 109 Å². The van der Waals surface area contributed by atoms with Crippen LogP contribution in [0.15, 0.2) is 42.5 Å². The number of thioether (sulfide) groups is 1. The molecule has 214 valence electrons. The maximum absolute atomic E-state index is 14.4. The number of nitrogens with one attached hydrogen (secondary N) is 2. The first kappa shape index (κ1) is 32.2. The lowest BCUT2D eigenvalue weighted by Crippen LogP contribution is -2.58. The molecule has 3 amide bonds. The second-order valence-electron chi connectivity index (χ2n) is 11.9. The monoisotopic (exact) mass is 555 g/mol. The Morgan fingerprint density at radius 2 is 1.54 bits per heavy atom. The number of ether oxygens (including phenoxy) is 1. The summed E-state index contributed by atoms with van der Waals surface area (Å²) in [5.41, 5.74) is 2.83. The van der Waals surface area contributed by atoms with E-state index < -0.39 is 29.3 Å². The summed E-state index contributed by atoms with van der Waals surface area (Å²) in [5.74, 6) is -0.0105. The average Bonchev–Trinajstić information content (AvgIpc) is 2.81. The summed E-state index contributed by atoms with van der Waals surface area (Å²) >= 11 is 1.58. The van der Waals surface area contributed by atoms with Crippen molar-refractivity contribution in [3.05, 3.63) is 64.7 Å². The maximum Gasteiger partial charge on any atom is 0.408 e. The Kier molecular flexibility index (Phi) is 11.0. The number of alkyl carbamates (subject to hydrolysis) is 1. The van der Waals surface area contributed by atoms with Crippen LogP contribution in [0.2, 0.25) is 0 Å². The molecule has 2 aromatic carbocycles. The van der Waals surface area contributed by atoms with Gasteiger partial charge in [0.25, 0.3) is 5.91 Å². The minimum atomic E-state index is -0.936. The fourth-order valence-corrected chi connectivity index (χ4v) is 4.81. The molecule has 0 saturated carbocycles. The lowest BCUT2D eigenvalue weighted by Gasteiger charge is -2.43. The van der Waals surface area contributed by atoms with Crippen molar-refractivity contribution in [1.29, 1.82) is 0 Å². The van der Waals surface area contributed by atoms with Gasteiger partial charge in [-0.3, -0.25) is 9.59 Å². The number of anilines is 1. The van der Waals surface area contributed by atoms with E-state index in [-0.39, 0.29) is 11.8 Å². The second kappa shape index (κ2) is 13.4. The van der Waals surface area contributed by atoms with E-state index in [0.29, 0.717) is 17.9 Å². The Labute approximate surface area is 238 Å². The molecule has 0 spiro atoms. The van der Waals surface area contributed by atoms with E-state index in [1.807, 2.05) is 90.3 Å². The Morgan fingerprint density at radius 3 is 2.10 bits per heavy atom. The van der Waals surface area contributed by atoms with Gasteiger partial charge < -0.3 is 20.3 Å². The summed E-state index contributed by atoms with van der Waals surface area (Å²) in [6.45, 7) is 16.9. The average molecular weight is 556 g/mol. The highest BCUT2D eigenvalue weighted by Crippen LogP contribution is 2.34. The normalized spacial score (nSPS) is 13.3. The molecule has 0 aliphatic heterocycles. The van der Waals surface area contributed by atoms with Crippen molar-refractivity contribution >= 4 is 35.4 Å². The van der Waals surface area contributed by atoms with Crippen LogP contribution >= 0.6 is 11.8 Å². The maximum atomic E-state index is 14.4. The number of aryl methyl sites for hydroxylation is 2. The number of benzene rings is 2. The Bertz CT molecular complexity index is 1170. The van der Waals surface area contributed by atoms with Gasteiger partial charge in [0.1, 0.15) is 17.7 Å². The zero-order chi connectivity index (χ0) is 29.5. The van der Waals surface area contributed by atoms with Crippen LogP contribution in [0, 0.1) is 20.8 Å². The molecule has 7 nitrogen and oxygen atoms in total. The predicted octanol–water partition coefficient (Wildman–Crippen LogP) is 6.57. The van der Waals surface area contributed by atoms with Crippen LogP contribution in [0.1, 0.15) is 76.3 Å². The molecule has 0 bridgehead atoms. The van der Waals surface area contributed by atoms with Gasteiger partial charge in [0, 0.05) is 11.2 Å². The molecule has 2 unspecified atom stereocenters. The fourth-order valence-electron chi connectivity index (χ4n) is 4.34. The van der Waals surface area contributed by atoms with Crippen LogP contribution < -0.4 is 10.6 Å². The third-order valence-corrected chi connectivity index (χ3v) is 7.05. The Hall–Kier alpha value is -3.00. The third kappa shape index (κ3) is 9.02. The largest absolute Gasteiger partial charge is 0.444 e. The van der Waals surface area contributed by atoms with Gasteiger partial charge in [0.15, 0.2) is 0 Å². The minimum absolute atomic E-state index is 0.317. The smallest absolute Gasteiger partial charge is 0.408 e. The molecule has 0 fully saturated rings. The molecular formula is C31H45N3O4S. The van der Waals surface area contributed by atoms with Crippen LogP contribution in [-0.4, -0.2) is 52.0 Å². The molecule has 2 atom stereocenters. The summed E-state index contributed by atoms with van der Waals surface area (Å²) in [4.78, 5) is 42.9. The summed E-state index contributed by atoms with van der Waals surface area (Å²) in [5, 5.41) is 5.86. The van der Waals surface area contributed by atoms with Crippen molar-refractivity contribution in [2.45, 2.75) is 92.0 Å². The highest BCUT2D eigenvalue weighted by atomic mass is 32.2. The number of carbonyl (C=O) groups is 3. The van der Waals surface area contributed by atoms with Gasteiger partial charge in [-0.15, -0.1) is 0 Å². The van der Waals surface area contributed by atoms with Crippen molar-refractivity contribution in [2.24, 2.45) is 0 Å². The quantitative estimate of drug-likeness (QED) is 0.366. The molecule has 39 heavy (non-hydrogen) atoms. The number of amides is 3. The number of hydrogen-bond donors (Lipinski definition) is 2. The molecule has 0 aliphatic rings. The number of rotatable bonds is 9. The zero-order valence-corrected chi connectivity index (χ0v) is 25.9. The Morgan fingerprint density at radius 1 is 0.923 bits per heavy atom. The van der Waals surface area contributed by atoms with Crippen molar-refractivity contribution in [3.8, 4) is 0 Å². The first-order valence-electron chi connectivity index (χ1n) is 13.3. The topological polar surface area (TPSA) is 87.7 Å². The predicted molar refractivity (Wildman–Crippen MR) is 161 cm³/mol. The summed E-state index contributed by atoms with van der Waals surface area (Å²) in [7, 11) is 0. The molecule has 2 aromatic rings. The lowest BCUT2D eigenvalue weighted by molar-refractivity contribution is -0.146. The zero-order valence-electron chi connectivity index (χ0n) is 25.1. The highest BCUT2D eigenvalue weighted by Gasteiger charge is 2.42. The Balaban J connectivity index is 2.64. The van der Waals surface area contributed by atoms with Crippen LogP contribution in [0.4, 0.5) is 10.5 Å². The number of para-hydroxylation sites is 1. The molecule has 8 heteroatoms. The van der Waals surface area contributed by atoms with E-state index in [1.165, 1.54) is 0 Å². The molecular weight excluding hydrogens is 510 g/mol. The van der Waals surface area contributed by atoms with Gasteiger partial charge in [0.05, 0.1) is 0 Å². The van der Waals surface area contributed by atoms with E-state index >= 15 is 0 Å². The van der Waals surface area contributed by atoms with Gasteiger partial charge >= 0.3 is 6.09 Å². The first-order valence-corrected chi connectivity index (χ1v) is 14.7. The van der Waals surface area contributed by atoms with E-state index in [2.05, 4.69) is 10.6 Å². The van der Waals surface area contributed by atoms with Crippen LogP contribution in [-0.2, 0) is 14.3 Å². The van der Waals surface area contributed by atoms with Crippen molar-refractivity contribution < 1.29 is 19.1 Å². The van der Waals surface area contributed by atoms with Crippen LogP contribution in [0.5, 0.6) is 0 Å². The minimum Gasteiger partial charge on any atom is -0.444 e. The number of carbonyl (C=O) groups excluding carboxylic acids is 3. The second-order valence-corrected chi connectivity index (χ2v) is 12.8. The number of nitrogens with zero attached hydrogens (tertiary/aromatic N) is 1. The standard InChI is InChI=1S/C31H45N3O4S/c1-20-15-13-16-23(22(20)3)26(27(35)32-24-17-12-11-14-21(24)2)34(30(4,5)6)28(36)25(18-19-39-10)33-29(37)38-31(7,8)9/h11-17,25-26H,18-19H2,1-10H3,(H,32,35)(H,33,37). The third-order valence-electron chi connectivity index (χ3n) is 6.41. The van der Waals surface area contributed by atoms with Gasteiger partial charge in [-0.1, -0.05) is 36.4 Å². The lowest BCUT2D eigenvalue weighted by atomic mass is 9.91. The van der Waals surface area contributed by atoms with Crippen molar-refractivity contribution in [2.75, 3.05) is 17.3 Å². The summed E-state index contributed by atoms with van der Waals surface area (Å²) in [6, 6.07) is 11.5. The van der Waals surface area contributed by atoms with Crippen molar-refractivity contribution in [3.63, 3.8) is 0 Å². The van der Waals surface area contributed by atoms with Crippen LogP contribution in [0.3, 0.4) is 0 Å². The van der Waals surface area contributed by atoms with Gasteiger partial charge in [-0.2, -0.15) is 11.8 Å². The van der Waals surface area contributed by atoms with E-state index in [9.17, 15) is 14.4 Å². The van der Waals surface area contributed by atoms with E-state index in [0.717, 1.165) is 22.3 Å². The molecule has 0 heterocycles. The SMILES string of the molecule is CSCCC(NC(=O)OC(C)(C)C)C(=O)N(C(C(=O)Nc1ccccc1C)c1cccc(C)c1C)C(C)(C)C. The molecule has 0 aliphatic carbocycles. The van der Waals surface area contributed by atoms with Crippen LogP contribution in [0.25, 0.3) is 0 Å². The summed E-state index contributed by atoms with van der Waals surface area (Å²) in [6.07, 6.45) is 1.68. The van der Waals surface area contributed by atoms with Crippen molar-refractivity contribution in [1.82, 2.24) is 10.2 Å². The summed E-state index contributed by atoms with van der Waals surface area (Å²) < 4.78 is 5.48. The molecule has 0 radical (unpaired) electrons. The number of hydrogen-bond acceptors (Lipinski definition) is 5. The molecule has 0 aromatic heterocycles. The van der Waals surface area contributed by atoms with E-state index in [1.54, 1.807) is 37.4 Å². The molecule has 2 N–H and O–H groups in total. The molecule has 0 saturated heterocycles. The fraction of sp³-hybridized carbons (Fsp3) is 0.516. The van der Waals surface area contributed by atoms with Gasteiger partial charge in [-0.25, -0.2) is 4.79 Å². The van der Waals surface area contributed by atoms with Gasteiger partial charge in [0.2, 0.25) is 5.91 Å². The van der Waals surface area contributed by atoms with E-state index in [4.69, 9.17) is 4.74 Å². The first-order chi connectivity index (χ1) is 18.1.